The number of benzene rings is 2. The molecule has 0 atom stereocenters. The summed E-state index contributed by atoms with van der Waals surface area (Å²) in [4.78, 5) is 24.6. The fourth-order valence-electron chi connectivity index (χ4n) is 3.29. The zero-order valence-corrected chi connectivity index (χ0v) is 19.1. The monoisotopic (exact) mass is 453 g/mol. The number of hydrogen-bond acceptors (Lipinski definition) is 7. The topological polar surface area (TPSA) is 101 Å². The van der Waals surface area contributed by atoms with Gasteiger partial charge >= 0.3 is 0 Å². The number of amides is 1. The Bertz CT molecular complexity index is 1180. The molecule has 0 radical (unpaired) electrons. The van der Waals surface area contributed by atoms with E-state index in [-0.39, 0.29) is 17.9 Å². The molecule has 2 aromatic carbocycles. The molecule has 1 N–H and O–H groups in total. The number of anilines is 1. The van der Waals surface area contributed by atoms with Gasteiger partial charge in [-0.3, -0.25) is 9.59 Å². The van der Waals surface area contributed by atoms with E-state index in [1.165, 1.54) is 17.9 Å². The number of ether oxygens (including phenoxy) is 4. The van der Waals surface area contributed by atoms with Gasteiger partial charge in [0.25, 0.3) is 5.56 Å². The van der Waals surface area contributed by atoms with Gasteiger partial charge in [-0.2, -0.15) is 5.10 Å². The van der Waals surface area contributed by atoms with Crippen molar-refractivity contribution in [2.75, 3.05) is 33.8 Å². The summed E-state index contributed by atoms with van der Waals surface area (Å²) < 4.78 is 22.4. The van der Waals surface area contributed by atoms with E-state index in [9.17, 15) is 9.59 Å². The van der Waals surface area contributed by atoms with Crippen LogP contribution >= 0.6 is 0 Å². The van der Waals surface area contributed by atoms with Gasteiger partial charge in [0.2, 0.25) is 5.91 Å². The summed E-state index contributed by atoms with van der Waals surface area (Å²) in [5, 5.41) is 7.26. The summed E-state index contributed by atoms with van der Waals surface area (Å²) in [6.07, 6.45) is 0.671. The van der Waals surface area contributed by atoms with E-state index in [2.05, 4.69) is 10.4 Å². The Balaban J connectivity index is 1.64. The van der Waals surface area contributed by atoms with Crippen molar-refractivity contribution in [2.24, 2.45) is 0 Å². The molecule has 0 bridgehead atoms. The number of nitrogens with one attached hydrogen (secondary N) is 1. The van der Waals surface area contributed by atoms with Gasteiger partial charge in [0.15, 0.2) is 23.0 Å². The van der Waals surface area contributed by atoms with Gasteiger partial charge < -0.3 is 24.3 Å². The van der Waals surface area contributed by atoms with E-state index in [0.29, 0.717) is 47.3 Å². The number of aromatic nitrogens is 2. The van der Waals surface area contributed by atoms with Crippen LogP contribution in [0.1, 0.15) is 12.8 Å². The lowest BCUT2D eigenvalue weighted by molar-refractivity contribution is -0.116. The van der Waals surface area contributed by atoms with Crippen molar-refractivity contribution in [3.63, 3.8) is 0 Å². The third-order valence-electron chi connectivity index (χ3n) is 4.99. The van der Waals surface area contributed by atoms with Gasteiger partial charge in [-0.25, -0.2) is 4.68 Å². The smallest absolute Gasteiger partial charge is 0.266 e. The van der Waals surface area contributed by atoms with Gasteiger partial charge in [-0.15, -0.1) is 0 Å². The van der Waals surface area contributed by atoms with Crippen molar-refractivity contribution < 1.29 is 23.7 Å². The highest BCUT2D eigenvalue weighted by atomic mass is 16.5. The number of aryl methyl sites for hydroxylation is 1. The van der Waals surface area contributed by atoms with Crippen LogP contribution in [0.3, 0.4) is 0 Å². The first-order chi connectivity index (χ1) is 16.0. The Hall–Kier alpha value is -4.01. The van der Waals surface area contributed by atoms with Crippen LogP contribution in [0.5, 0.6) is 23.0 Å². The van der Waals surface area contributed by atoms with Gasteiger partial charge in [-0.05, 0) is 42.8 Å². The number of nitrogens with zero attached hydrogens (tertiary/aromatic N) is 2. The molecule has 0 aliphatic heterocycles. The molecule has 0 aliphatic carbocycles. The average Bonchev–Trinajstić information content (AvgIpc) is 2.84. The SMILES string of the molecule is COc1ccc(NC(=O)CCCn2nc(-c3ccc(OC)c(OC)c3)ccc2=O)cc1OC. The fourth-order valence-corrected chi connectivity index (χ4v) is 3.29. The number of hydrogen-bond donors (Lipinski definition) is 1. The van der Waals surface area contributed by atoms with Crippen LogP contribution < -0.4 is 29.8 Å². The Labute approximate surface area is 191 Å². The second-order valence-corrected chi connectivity index (χ2v) is 7.07. The Morgan fingerprint density at radius 1 is 0.848 bits per heavy atom. The van der Waals surface area contributed by atoms with Gasteiger partial charge in [-0.1, -0.05) is 0 Å². The van der Waals surface area contributed by atoms with Crippen molar-refractivity contribution in [2.45, 2.75) is 19.4 Å². The predicted octanol–water partition coefficient (Wildman–Crippen LogP) is 3.36. The number of methoxy groups -OCH3 is 4. The van der Waals surface area contributed by atoms with E-state index in [0.717, 1.165) is 5.56 Å². The molecule has 1 aromatic heterocycles. The van der Waals surface area contributed by atoms with E-state index in [1.54, 1.807) is 57.7 Å². The zero-order chi connectivity index (χ0) is 23.8. The summed E-state index contributed by atoms with van der Waals surface area (Å²) in [5.41, 5.74) is 1.76. The van der Waals surface area contributed by atoms with E-state index in [4.69, 9.17) is 18.9 Å². The molecule has 0 spiro atoms. The lowest BCUT2D eigenvalue weighted by atomic mass is 10.1. The van der Waals surface area contributed by atoms with Crippen molar-refractivity contribution >= 4 is 11.6 Å². The van der Waals surface area contributed by atoms with Crippen LogP contribution in [0.2, 0.25) is 0 Å². The van der Waals surface area contributed by atoms with E-state index >= 15 is 0 Å². The lowest BCUT2D eigenvalue weighted by Crippen LogP contribution is -2.23. The summed E-state index contributed by atoms with van der Waals surface area (Å²) in [5.74, 6) is 2.11. The summed E-state index contributed by atoms with van der Waals surface area (Å²) >= 11 is 0. The van der Waals surface area contributed by atoms with Crippen molar-refractivity contribution in [1.82, 2.24) is 9.78 Å². The standard InChI is InChI=1S/C24H27N3O6/c1-30-19-10-7-16(14-21(19)32-3)18-9-12-24(29)27(26-18)13-5-6-23(28)25-17-8-11-20(31-2)22(15-17)33-4/h7-12,14-15H,5-6,13H2,1-4H3,(H,25,28). The molecular weight excluding hydrogens is 426 g/mol. The molecule has 3 aromatic rings. The number of carbonyl (C=O) groups excluding carboxylic acids is 1. The van der Waals surface area contributed by atoms with Gasteiger partial charge in [0, 0.05) is 36.3 Å². The molecule has 0 aliphatic rings. The summed E-state index contributed by atoms with van der Waals surface area (Å²) in [7, 11) is 6.21. The number of carbonyl (C=O) groups is 1. The second-order valence-electron chi connectivity index (χ2n) is 7.07. The van der Waals surface area contributed by atoms with Crippen molar-refractivity contribution in [3.8, 4) is 34.3 Å². The average molecular weight is 453 g/mol. The summed E-state index contributed by atoms with van der Waals surface area (Å²) in [6, 6.07) is 13.7. The molecule has 3 rings (SSSR count). The van der Waals surface area contributed by atoms with Crippen molar-refractivity contribution in [1.29, 1.82) is 0 Å². The first-order valence-corrected chi connectivity index (χ1v) is 10.3. The molecule has 1 heterocycles. The largest absolute Gasteiger partial charge is 0.493 e. The van der Waals surface area contributed by atoms with E-state index < -0.39 is 0 Å². The maximum atomic E-state index is 12.3. The Morgan fingerprint density at radius 3 is 2.15 bits per heavy atom. The Morgan fingerprint density at radius 2 is 1.48 bits per heavy atom. The molecule has 0 fully saturated rings. The van der Waals surface area contributed by atoms with Gasteiger partial charge in [0.05, 0.1) is 34.1 Å². The van der Waals surface area contributed by atoms with Crippen LogP contribution in [0.25, 0.3) is 11.3 Å². The number of rotatable bonds is 10. The highest BCUT2D eigenvalue weighted by Gasteiger charge is 2.10. The molecule has 174 valence electrons. The molecule has 0 saturated carbocycles. The van der Waals surface area contributed by atoms with E-state index in [1.807, 2.05) is 6.07 Å². The highest BCUT2D eigenvalue weighted by Crippen LogP contribution is 2.31. The minimum atomic E-state index is -0.237. The predicted molar refractivity (Wildman–Crippen MR) is 124 cm³/mol. The molecular formula is C24H27N3O6. The normalized spacial score (nSPS) is 10.4. The van der Waals surface area contributed by atoms with Crippen LogP contribution in [0, 0.1) is 0 Å². The lowest BCUT2D eigenvalue weighted by Gasteiger charge is -2.11. The quantitative estimate of drug-likeness (QED) is 0.502. The summed E-state index contributed by atoms with van der Waals surface area (Å²) in [6.45, 7) is 0.305. The Kier molecular flexibility index (Phi) is 7.91. The zero-order valence-electron chi connectivity index (χ0n) is 19.1. The van der Waals surface area contributed by atoms with Crippen LogP contribution in [-0.4, -0.2) is 44.1 Å². The minimum absolute atomic E-state index is 0.175. The van der Waals surface area contributed by atoms with Gasteiger partial charge in [0.1, 0.15) is 0 Å². The third kappa shape index (κ3) is 5.82. The third-order valence-corrected chi connectivity index (χ3v) is 4.99. The molecule has 0 unspecified atom stereocenters. The molecule has 9 nitrogen and oxygen atoms in total. The van der Waals surface area contributed by atoms with Crippen molar-refractivity contribution in [3.05, 3.63) is 58.9 Å². The second kappa shape index (κ2) is 11.0. The maximum Gasteiger partial charge on any atom is 0.266 e. The molecule has 9 heteroatoms. The fraction of sp³-hybridized carbons (Fsp3) is 0.292. The first-order valence-electron chi connectivity index (χ1n) is 10.3. The highest BCUT2D eigenvalue weighted by molar-refractivity contribution is 5.91. The maximum absolute atomic E-state index is 12.3. The molecule has 0 saturated heterocycles. The first kappa shape index (κ1) is 23.6. The minimum Gasteiger partial charge on any atom is -0.493 e. The van der Waals surface area contributed by atoms with Crippen LogP contribution in [-0.2, 0) is 11.3 Å². The molecule has 1 amide bonds. The molecule has 33 heavy (non-hydrogen) atoms. The van der Waals surface area contributed by atoms with Crippen LogP contribution in [0.4, 0.5) is 5.69 Å². The van der Waals surface area contributed by atoms with Crippen LogP contribution in [0.15, 0.2) is 53.3 Å².